The van der Waals surface area contributed by atoms with Crippen LogP contribution in [0.2, 0.25) is 0 Å². The van der Waals surface area contributed by atoms with Gasteiger partial charge < -0.3 is 4.90 Å². The maximum absolute atomic E-state index is 12.0. The third-order valence-electron chi connectivity index (χ3n) is 2.76. The first-order valence-electron chi connectivity index (χ1n) is 6.29. The van der Waals surface area contributed by atoms with Crippen molar-refractivity contribution >= 4 is 11.6 Å². The Hall–Kier alpha value is -1.31. The molecule has 0 saturated heterocycles. The zero-order valence-electron chi connectivity index (χ0n) is 11.4. The fourth-order valence-corrected chi connectivity index (χ4v) is 1.64. The highest BCUT2D eigenvalue weighted by Gasteiger charge is 2.17. The highest BCUT2D eigenvalue weighted by Crippen LogP contribution is 2.22. The van der Waals surface area contributed by atoms with Crippen molar-refractivity contribution in [3.63, 3.8) is 0 Å². The lowest BCUT2D eigenvalue weighted by Gasteiger charge is -2.26. The quantitative estimate of drug-likeness (QED) is 0.773. The van der Waals surface area contributed by atoms with Crippen LogP contribution >= 0.6 is 0 Å². The SMILES string of the molecule is CCC(=O)N(CCC(C)(C)C)c1ccccc1. The molecule has 1 rings (SSSR count). The minimum atomic E-state index is 0.195. The summed E-state index contributed by atoms with van der Waals surface area (Å²) < 4.78 is 0. The Balaban J connectivity index is 2.79. The summed E-state index contributed by atoms with van der Waals surface area (Å²) in [4.78, 5) is 13.8. The van der Waals surface area contributed by atoms with Gasteiger partial charge in [0, 0.05) is 18.7 Å². The molecule has 17 heavy (non-hydrogen) atoms. The molecule has 0 aliphatic carbocycles. The number of amides is 1. The number of hydrogen-bond donors (Lipinski definition) is 0. The van der Waals surface area contributed by atoms with Crippen molar-refractivity contribution in [2.24, 2.45) is 5.41 Å². The molecule has 0 unspecified atom stereocenters. The number of anilines is 1. The molecule has 1 aromatic rings. The van der Waals surface area contributed by atoms with E-state index in [0.717, 1.165) is 18.7 Å². The predicted molar refractivity (Wildman–Crippen MR) is 73.2 cm³/mol. The van der Waals surface area contributed by atoms with Gasteiger partial charge in [0.15, 0.2) is 0 Å². The van der Waals surface area contributed by atoms with Crippen molar-refractivity contribution in [1.29, 1.82) is 0 Å². The summed E-state index contributed by atoms with van der Waals surface area (Å²) in [5, 5.41) is 0. The van der Waals surface area contributed by atoms with Crippen molar-refractivity contribution in [1.82, 2.24) is 0 Å². The molecule has 0 atom stereocenters. The van der Waals surface area contributed by atoms with E-state index in [9.17, 15) is 4.79 Å². The fraction of sp³-hybridized carbons (Fsp3) is 0.533. The Labute approximate surface area is 105 Å². The molecule has 0 saturated carbocycles. The van der Waals surface area contributed by atoms with Crippen molar-refractivity contribution in [3.05, 3.63) is 30.3 Å². The van der Waals surface area contributed by atoms with Crippen LogP contribution in [-0.4, -0.2) is 12.5 Å². The average Bonchev–Trinajstić information content (AvgIpc) is 2.29. The molecule has 0 aromatic heterocycles. The number of carbonyl (C=O) groups is 1. The molecular weight excluding hydrogens is 210 g/mol. The lowest BCUT2D eigenvalue weighted by Crippen LogP contribution is -2.33. The van der Waals surface area contributed by atoms with Crippen LogP contribution in [0.4, 0.5) is 5.69 Å². The molecule has 0 bridgehead atoms. The Morgan fingerprint density at radius 3 is 2.24 bits per heavy atom. The van der Waals surface area contributed by atoms with Crippen LogP contribution in [0.25, 0.3) is 0 Å². The van der Waals surface area contributed by atoms with Crippen LogP contribution in [0, 0.1) is 5.41 Å². The lowest BCUT2D eigenvalue weighted by molar-refractivity contribution is -0.118. The van der Waals surface area contributed by atoms with Gasteiger partial charge in [-0.3, -0.25) is 4.79 Å². The molecule has 0 radical (unpaired) electrons. The number of benzene rings is 1. The van der Waals surface area contributed by atoms with E-state index in [1.165, 1.54) is 0 Å². The Morgan fingerprint density at radius 2 is 1.76 bits per heavy atom. The molecular formula is C15H23NO. The average molecular weight is 233 g/mol. The van der Waals surface area contributed by atoms with E-state index >= 15 is 0 Å². The van der Waals surface area contributed by atoms with Crippen molar-refractivity contribution < 1.29 is 4.79 Å². The van der Waals surface area contributed by atoms with E-state index < -0.39 is 0 Å². The number of para-hydroxylation sites is 1. The molecule has 2 nitrogen and oxygen atoms in total. The minimum absolute atomic E-state index is 0.195. The van der Waals surface area contributed by atoms with E-state index in [4.69, 9.17) is 0 Å². The maximum Gasteiger partial charge on any atom is 0.226 e. The van der Waals surface area contributed by atoms with E-state index in [1.807, 2.05) is 42.2 Å². The lowest BCUT2D eigenvalue weighted by atomic mass is 9.92. The molecule has 94 valence electrons. The number of carbonyl (C=O) groups excluding carboxylic acids is 1. The van der Waals surface area contributed by atoms with Crippen LogP contribution < -0.4 is 4.90 Å². The van der Waals surface area contributed by atoms with Gasteiger partial charge >= 0.3 is 0 Å². The van der Waals surface area contributed by atoms with E-state index in [1.54, 1.807) is 0 Å². The molecule has 1 amide bonds. The summed E-state index contributed by atoms with van der Waals surface area (Å²) in [6, 6.07) is 9.92. The first kappa shape index (κ1) is 13.8. The summed E-state index contributed by atoms with van der Waals surface area (Å²) >= 11 is 0. The van der Waals surface area contributed by atoms with Gasteiger partial charge in [-0.05, 0) is 24.0 Å². The summed E-state index contributed by atoms with van der Waals surface area (Å²) in [6.45, 7) is 9.31. The monoisotopic (exact) mass is 233 g/mol. The Kier molecular flexibility index (Phi) is 4.73. The molecule has 0 fully saturated rings. The summed E-state index contributed by atoms with van der Waals surface area (Å²) in [6.07, 6.45) is 1.56. The third kappa shape index (κ3) is 4.59. The van der Waals surface area contributed by atoms with Gasteiger partial charge in [0.05, 0.1) is 0 Å². The molecule has 2 heteroatoms. The van der Waals surface area contributed by atoms with E-state index in [2.05, 4.69) is 20.8 Å². The molecule has 0 aliphatic heterocycles. The van der Waals surface area contributed by atoms with Gasteiger partial charge in [-0.2, -0.15) is 0 Å². The second-order valence-corrected chi connectivity index (χ2v) is 5.55. The molecule has 0 heterocycles. The van der Waals surface area contributed by atoms with E-state index in [0.29, 0.717) is 6.42 Å². The normalized spacial score (nSPS) is 11.3. The first-order valence-corrected chi connectivity index (χ1v) is 6.29. The highest BCUT2D eigenvalue weighted by molar-refractivity contribution is 5.93. The van der Waals surface area contributed by atoms with Crippen molar-refractivity contribution in [3.8, 4) is 0 Å². The van der Waals surface area contributed by atoms with Gasteiger partial charge in [-0.1, -0.05) is 45.9 Å². The highest BCUT2D eigenvalue weighted by atomic mass is 16.2. The topological polar surface area (TPSA) is 20.3 Å². The molecule has 0 N–H and O–H groups in total. The van der Waals surface area contributed by atoms with Gasteiger partial charge in [-0.15, -0.1) is 0 Å². The second kappa shape index (κ2) is 5.85. The zero-order valence-corrected chi connectivity index (χ0v) is 11.4. The molecule has 1 aromatic carbocycles. The zero-order chi connectivity index (χ0) is 12.9. The smallest absolute Gasteiger partial charge is 0.226 e. The first-order chi connectivity index (χ1) is 7.94. The van der Waals surface area contributed by atoms with Crippen molar-refractivity contribution in [2.45, 2.75) is 40.5 Å². The van der Waals surface area contributed by atoms with Crippen LogP contribution in [0.5, 0.6) is 0 Å². The predicted octanol–water partition coefficient (Wildman–Crippen LogP) is 3.87. The van der Waals surface area contributed by atoms with Gasteiger partial charge in [0.2, 0.25) is 5.91 Å². The van der Waals surface area contributed by atoms with Gasteiger partial charge in [0.1, 0.15) is 0 Å². The maximum atomic E-state index is 12.0. The van der Waals surface area contributed by atoms with Crippen LogP contribution in [0.15, 0.2) is 30.3 Å². The number of nitrogens with zero attached hydrogens (tertiary/aromatic N) is 1. The van der Waals surface area contributed by atoms with Crippen LogP contribution in [0.3, 0.4) is 0 Å². The fourth-order valence-electron chi connectivity index (χ4n) is 1.64. The van der Waals surface area contributed by atoms with Gasteiger partial charge in [-0.25, -0.2) is 0 Å². The number of hydrogen-bond acceptors (Lipinski definition) is 1. The van der Waals surface area contributed by atoms with Crippen LogP contribution in [0.1, 0.15) is 40.5 Å². The summed E-state index contributed by atoms with van der Waals surface area (Å²) in [5.41, 5.74) is 1.25. The standard InChI is InChI=1S/C15H23NO/c1-5-14(17)16(12-11-15(2,3)4)13-9-7-6-8-10-13/h6-10H,5,11-12H2,1-4H3. The Bertz CT molecular complexity index is 351. The minimum Gasteiger partial charge on any atom is -0.312 e. The van der Waals surface area contributed by atoms with E-state index in [-0.39, 0.29) is 11.3 Å². The molecule has 0 spiro atoms. The summed E-state index contributed by atoms with van der Waals surface area (Å²) in [7, 11) is 0. The number of rotatable bonds is 4. The van der Waals surface area contributed by atoms with Crippen LogP contribution in [-0.2, 0) is 4.79 Å². The van der Waals surface area contributed by atoms with Crippen molar-refractivity contribution in [2.75, 3.05) is 11.4 Å². The molecule has 0 aliphatic rings. The Morgan fingerprint density at radius 1 is 1.18 bits per heavy atom. The largest absolute Gasteiger partial charge is 0.312 e. The third-order valence-corrected chi connectivity index (χ3v) is 2.76. The van der Waals surface area contributed by atoms with Gasteiger partial charge in [0.25, 0.3) is 0 Å². The summed E-state index contributed by atoms with van der Waals surface area (Å²) in [5.74, 6) is 0.195. The second-order valence-electron chi connectivity index (χ2n) is 5.55.